The quantitative estimate of drug-likeness (QED) is 0.504. The lowest BCUT2D eigenvalue weighted by Crippen LogP contribution is -2.39. The summed E-state index contributed by atoms with van der Waals surface area (Å²) in [5.41, 5.74) is 0.0257. The van der Waals surface area contributed by atoms with Gasteiger partial charge in [0.1, 0.15) is 5.92 Å². The number of carboxylic acids is 1. The van der Waals surface area contributed by atoms with Gasteiger partial charge >= 0.3 is 5.97 Å². The predicted octanol–water partition coefficient (Wildman–Crippen LogP) is 2.59. The maximum Gasteiger partial charge on any atom is 0.316 e. The molecular weight excluding hydrogens is 276 g/mol. The smallest absolute Gasteiger partial charge is 0.316 e. The first kappa shape index (κ1) is 16.6. The second-order valence-electron chi connectivity index (χ2n) is 5.88. The molecular formula is C14H18N2O5. The van der Waals surface area contributed by atoms with Crippen LogP contribution in [0.25, 0.3) is 0 Å². The van der Waals surface area contributed by atoms with Crippen molar-refractivity contribution < 1.29 is 19.6 Å². The normalized spacial score (nSPS) is 12.6. The molecule has 0 spiro atoms. The number of aliphatic carboxylic acids is 1. The summed E-state index contributed by atoms with van der Waals surface area (Å²) in [6, 6.07) is 3.98. The van der Waals surface area contributed by atoms with E-state index in [0.717, 1.165) is 0 Å². The molecule has 0 fully saturated rings. The Bertz CT molecular complexity index is 590. The second kappa shape index (κ2) is 5.90. The van der Waals surface area contributed by atoms with Crippen LogP contribution in [0, 0.1) is 28.4 Å². The number of hydrogen-bond donors (Lipinski definition) is 2. The van der Waals surface area contributed by atoms with Gasteiger partial charge in [0.15, 0.2) is 0 Å². The number of nitrogens with zero attached hydrogens (tertiary/aromatic N) is 1. The highest BCUT2D eigenvalue weighted by Crippen LogP contribution is 2.28. The van der Waals surface area contributed by atoms with Gasteiger partial charge in [-0.2, -0.15) is 0 Å². The Morgan fingerprint density at radius 3 is 2.29 bits per heavy atom. The average Bonchev–Trinajstić information content (AvgIpc) is 2.28. The van der Waals surface area contributed by atoms with E-state index in [1.165, 1.54) is 18.2 Å². The maximum atomic E-state index is 12.1. The molecule has 0 aromatic heterocycles. The lowest BCUT2D eigenvalue weighted by molar-refractivity contribution is -0.384. The molecule has 1 rings (SSSR count). The largest absolute Gasteiger partial charge is 0.481 e. The van der Waals surface area contributed by atoms with Crippen molar-refractivity contribution in [2.75, 3.05) is 5.32 Å². The van der Waals surface area contributed by atoms with Gasteiger partial charge in [0.25, 0.3) is 5.69 Å². The standard InChI is InChI=1S/C14H18N2O5/c1-8-7-9(16(20)21)5-6-10(8)15-12(17)11(13(18)19)14(2,3)4/h5-7,11H,1-4H3,(H,15,17)(H,18,19). The topological polar surface area (TPSA) is 110 Å². The first-order valence-corrected chi connectivity index (χ1v) is 6.32. The molecule has 1 atom stereocenters. The number of nitrogens with one attached hydrogen (secondary N) is 1. The number of anilines is 1. The Kier molecular flexibility index (Phi) is 4.67. The van der Waals surface area contributed by atoms with E-state index in [0.29, 0.717) is 11.3 Å². The monoisotopic (exact) mass is 294 g/mol. The zero-order chi connectivity index (χ0) is 16.4. The Hall–Kier alpha value is -2.44. The number of hydrogen-bond acceptors (Lipinski definition) is 4. The molecule has 1 aromatic rings. The van der Waals surface area contributed by atoms with Crippen LogP contribution in [-0.4, -0.2) is 21.9 Å². The molecule has 1 aromatic carbocycles. The minimum absolute atomic E-state index is 0.0869. The molecule has 0 saturated carbocycles. The van der Waals surface area contributed by atoms with Crippen molar-refractivity contribution >= 4 is 23.3 Å². The van der Waals surface area contributed by atoms with Gasteiger partial charge in [0, 0.05) is 17.8 Å². The Balaban J connectivity index is 3.02. The first-order chi connectivity index (χ1) is 9.54. The molecule has 1 unspecified atom stereocenters. The Morgan fingerprint density at radius 1 is 1.33 bits per heavy atom. The lowest BCUT2D eigenvalue weighted by atomic mass is 9.80. The number of nitro benzene ring substituents is 1. The molecule has 0 aliphatic carbocycles. The Labute approximate surface area is 122 Å². The molecule has 0 radical (unpaired) electrons. The first-order valence-electron chi connectivity index (χ1n) is 6.32. The summed E-state index contributed by atoms with van der Waals surface area (Å²) in [5.74, 6) is -3.07. The van der Waals surface area contributed by atoms with E-state index < -0.39 is 28.1 Å². The zero-order valence-electron chi connectivity index (χ0n) is 12.3. The van der Waals surface area contributed by atoms with E-state index in [-0.39, 0.29) is 5.69 Å². The van der Waals surface area contributed by atoms with Crippen LogP contribution < -0.4 is 5.32 Å². The second-order valence-corrected chi connectivity index (χ2v) is 5.88. The fourth-order valence-corrected chi connectivity index (χ4v) is 1.98. The van der Waals surface area contributed by atoms with Crippen molar-refractivity contribution in [2.24, 2.45) is 11.3 Å². The van der Waals surface area contributed by atoms with Gasteiger partial charge < -0.3 is 10.4 Å². The summed E-state index contributed by atoms with van der Waals surface area (Å²) in [5, 5.41) is 22.4. The third-order valence-electron chi connectivity index (χ3n) is 3.05. The van der Waals surface area contributed by atoms with E-state index in [9.17, 15) is 24.8 Å². The van der Waals surface area contributed by atoms with E-state index in [1.807, 2.05) is 0 Å². The molecule has 114 valence electrons. The number of non-ortho nitro benzene ring substituents is 1. The van der Waals surface area contributed by atoms with Crippen LogP contribution in [0.1, 0.15) is 26.3 Å². The summed E-state index contributed by atoms with van der Waals surface area (Å²) < 4.78 is 0. The molecule has 7 heteroatoms. The summed E-state index contributed by atoms with van der Waals surface area (Å²) in [7, 11) is 0. The van der Waals surface area contributed by atoms with Gasteiger partial charge in [-0.25, -0.2) is 0 Å². The van der Waals surface area contributed by atoms with Crippen LogP contribution in [0.5, 0.6) is 0 Å². The minimum atomic E-state index is -1.22. The molecule has 2 N–H and O–H groups in total. The molecule has 7 nitrogen and oxygen atoms in total. The number of benzene rings is 1. The number of carboxylic acid groups (broad SMARTS) is 1. The van der Waals surface area contributed by atoms with Gasteiger partial charge in [-0.05, 0) is 24.0 Å². The molecule has 0 bridgehead atoms. The van der Waals surface area contributed by atoms with Gasteiger partial charge in [-0.3, -0.25) is 19.7 Å². The predicted molar refractivity (Wildman–Crippen MR) is 77.0 cm³/mol. The highest BCUT2D eigenvalue weighted by atomic mass is 16.6. The fourth-order valence-electron chi connectivity index (χ4n) is 1.98. The van der Waals surface area contributed by atoms with Crippen molar-refractivity contribution in [1.82, 2.24) is 0 Å². The lowest BCUT2D eigenvalue weighted by Gasteiger charge is -2.26. The van der Waals surface area contributed by atoms with Gasteiger partial charge in [0.05, 0.1) is 4.92 Å². The number of amides is 1. The van der Waals surface area contributed by atoms with Crippen molar-refractivity contribution in [3.8, 4) is 0 Å². The molecule has 21 heavy (non-hydrogen) atoms. The van der Waals surface area contributed by atoms with E-state index in [4.69, 9.17) is 0 Å². The highest BCUT2D eigenvalue weighted by Gasteiger charge is 2.37. The van der Waals surface area contributed by atoms with Gasteiger partial charge in [-0.15, -0.1) is 0 Å². The summed E-state index contributed by atoms with van der Waals surface area (Å²) in [6.45, 7) is 6.59. The number of aryl methyl sites for hydroxylation is 1. The number of nitro groups is 1. The van der Waals surface area contributed by atoms with Crippen molar-refractivity contribution in [3.63, 3.8) is 0 Å². The van der Waals surface area contributed by atoms with Crippen LogP contribution in [0.2, 0.25) is 0 Å². The zero-order valence-corrected chi connectivity index (χ0v) is 12.3. The van der Waals surface area contributed by atoms with Gasteiger partial charge in [-0.1, -0.05) is 20.8 Å². The summed E-state index contributed by atoms with van der Waals surface area (Å²) >= 11 is 0. The summed E-state index contributed by atoms with van der Waals surface area (Å²) in [6.07, 6.45) is 0. The van der Waals surface area contributed by atoms with E-state index in [2.05, 4.69) is 5.32 Å². The minimum Gasteiger partial charge on any atom is -0.481 e. The maximum absolute atomic E-state index is 12.1. The molecule has 0 heterocycles. The van der Waals surface area contributed by atoms with E-state index in [1.54, 1.807) is 27.7 Å². The molecule has 0 saturated heterocycles. The van der Waals surface area contributed by atoms with Crippen LogP contribution in [-0.2, 0) is 9.59 Å². The van der Waals surface area contributed by atoms with Crippen LogP contribution >= 0.6 is 0 Å². The van der Waals surface area contributed by atoms with E-state index >= 15 is 0 Å². The number of carbonyl (C=O) groups excluding carboxylic acids is 1. The van der Waals surface area contributed by atoms with Gasteiger partial charge in [0.2, 0.25) is 5.91 Å². The molecule has 0 aliphatic heterocycles. The fraction of sp³-hybridized carbons (Fsp3) is 0.429. The third-order valence-corrected chi connectivity index (χ3v) is 3.05. The highest BCUT2D eigenvalue weighted by molar-refractivity contribution is 6.05. The molecule has 0 aliphatic rings. The number of rotatable bonds is 4. The summed E-state index contributed by atoms with van der Waals surface area (Å²) in [4.78, 5) is 33.5. The van der Waals surface area contributed by atoms with Crippen LogP contribution in [0.15, 0.2) is 18.2 Å². The Morgan fingerprint density at radius 2 is 1.90 bits per heavy atom. The third kappa shape index (κ3) is 4.01. The van der Waals surface area contributed by atoms with Crippen molar-refractivity contribution in [3.05, 3.63) is 33.9 Å². The molecule has 1 amide bonds. The van der Waals surface area contributed by atoms with Crippen LogP contribution in [0.4, 0.5) is 11.4 Å². The van der Waals surface area contributed by atoms with Crippen LogP contribution in [0.3, 0.4) is 0 Å². The SMILES string of the molecule is Cc1cc([N+](=O)[O-])ccc1NC(=O)C(C(=O)O)C(C)(C)C. The average molecular weight is 294 g/mol. The van der Waals surface area contributed by atoms with Crippen molar-refractivity contribution in [1.29, 1.82) is 0 Å². The number of carbonyl (C=O) groups is 2. The van der Waals surface area contributed by atoms with Crippen molar-refractivity contribution in [2.45, 2.75) is 27.7 Å².